The lowest BCUT2D eigenvalue weighted by Gasteiger charge is -2.17. The van der Waals surface area contributed by atoms with Crippen LogP contribution in [-0.2, 0) is 0 Å². The molecule has 0 atom stereocenters. The molecule has 26 heavy (non-hydrogen) atoms. The van der Waals surface area contributed by atoms with Crippen molar-refractivity contribution in [2.45, 2.75) is 38.7 Å². The number of halogens is 1. The quantitative estimate of drug-likeness (QED) is 0.581. The van der Waals surface area contributed by atoms with Crippen LogP contribution in [0, 0.1) is 17.0 Å². The van der Waals surface area contributed by atoms with Gasteiger partial charge in [0.05, 0.1) is 11.0 Å². The van der Waals surface area contributed by atoms with Crippen LogP contribution in [0.25, 0.3) is 0 Å². The fraction of sp³-hybridized carbons (Fsp3) is 0.316. The molecule has 0 unspecified atom stereocenters. The van der Waals surface area contributed by atoms with E-state index in [0.717, 1.165) is 24.2 Å². The summed E-state index contributed by atoms with van der Waals surface area (Å²) in [4.78, 5) is 23.1. The van der Waals surface area contributed by atoms with Crippen molar-refractivity contribution in [1.29, 1.82) is 0 Å². The minimum Gasteiger partial charge on any atom is -0.490 e. The molecule has 0 bridgehead atoms. The van der Waals surface area contributed by atoms with Gasteiger partial charge < -0.3 is 10.1 Å². The van der Waals surface area contributed by atoms with E-state index in [9.17, 15) is 14.9 Å². The van der Waals surface area contributed by atoms with Crippen LogP contribution in [0.5, 0.6) is 5.75 Å². The van der Waals surface area contributed by atoms with Crippen molar-refractivity contribution < 1.29 is 14.5 Å². The zero-order chi connectivity index (χ0) is 18.7. The molecule has 0 radical (unpaired) electrons. The molecule has 1 aliphatic rings. The van der Waals surface area contributed by atoms with Gasteiger partial charge >= 0.3 is 0 Å². The van der Waals surface area contributed by atoms with Gasteiger partial charge in [-0.25, -0.2) is 0 Å². The van der Waals surface area contributed by atoms with Crippen LogP contribution in [0.2, 0.25) is 5.02 Å². The molecule has 2 aromatic carbocycles. The standard InChI is InChI=1S/C19H19ClN2O4/c1-12-16(7-4-8-18(12)26-14-5-2-3-6-14)21-19(23)15-10-9-13(20)11-17(15)22(24)25/h4,7-11,14H,2-3,5-6H2,1H3,(H,21,23). The second kappa shape index (κ2) is 7.74. The van der Waals surface area contributed by atoms with Crippen molar-refractivity contribution in [2.24, 2.45) is 0 Å². The fourth-order valence-electron chi connectivity index (χ4n) is 3.10. The summed E-state index contributed by atoms with van der Waals surface area (Å²) in [7, 11) is 0. The first-order valence-corrected chi connectivity index (χ1v) is 8.85. The van der Waals surface area contributed by atoms with Gasteiger partial charge in [0.25, 0.3) is 11.6 Å². The molecule has 0 aliphatic heterocycles. The summed E-state index contributed by atoms with van der Waals surface area (Å²) in [6.45, 7) is 1.86. The Labute approximate surface area is 156 Å². The van der Waals surface area contributed by atoms with E-state index >= 15 is 0 Å². The van der Waals surface area contributed by atoms with E-state index < -0.39 is 10.8 Å². The molecular formula is C19H19ClN2O4. The van der Waals surface area contributed by atoms with Gasteiger partial charge in [0.15, 0.2) is 0 Å². The van der Waals surface area contributed by atoms with Crippen molar-refractivity contribution >= 4 is 28.9 Å². The molecular weight excluding hydrogens is 356 g/mol. The fourth-order valence-corrected chi connectivity index (χ4v) is 3.27. The lowest BCUT2D eigenvalue weighted by molar-refractivity contribution is -0.385. The third kappa shape index (κ3) is 3.96. The Balaban J connectivity index is 1.83. The Hall–Kier alpha value is -2.60. The van der Waals surface area contributed by atoms with E-state index in [-0.39, 0.29) is 22.4 Å². The van der Waals surface area contributed by atoms with Gasteiger partial charge in [-0.3, -0.25) is 14.9 Å². The van der Waals surface area contributed by atoms with Crippen molar-refractivity contribution in [2.75, 3.05) is 5.32 Å². The van der Waals surface area contributed by atoms with Crippen LogP contribution in [0.3, 0.4) is 0 Å². The number of nitrogens with one attached hydrogen (secondary N) is 1. The number of nitrogens with zero attached hydrogens (tertiary/aromatic N) is 1. The summed E-state index contributed by atoms with van der Waals surface area (Å²) in [5, 5.41) is 14.1. The van der Waals surface area contributed by atoms with E-state index in [2.05, 4.69) is 5.32 Å². The van der Waals surface area contributed by atoms with Gasteiger partial charge in [0, 0.05) is 22.3 Å². The Bertz CT molecular complexity index is 847. The van der Waals surface area contributed by atoms with Crippen molar-refractivity contribution in [1.82, 2.24) is 0 Å². The third-order valence-electron chi connectivity index (χ3n) is 4.53. The number of carbonyl (C=O) groups is 1. The number of hydrogen-bond donors (Lipinski definition) is 1. The highest BCUT2D eigenvalue weighted by Gasteiger charge is 2.22. The van der Waals surface area contributed by atoms with E-state index in [0.29, 0.717) is 5.69 Å². The molecule has 0 heterocycles. The molecule has 1 aliphatic carbocycles. The van der Waals surface area contributed by atoms with Gasteiger partial charge in [-0.2, -0.15) is 0 Å². The summed E-state index contributed by atoms with van der Waals surface area (Å²) in [5.41, 5.74) is 0.992. The Morgan fingerprint density at radius 3 is 2.69 bits per heavy atom. The van der Waals surface area contributed by atoms with Gasteiger partial charge in [-0.05, 0) is 56.9 Å². The van der Waals surface area contributed by atoms with Crippen LogP contribution < -0.4 is 10.1 Å². The summed E-state index contributed by atoms with van der Waals surface area (Å²) >= 11 is 5.80. The highest BCUT2D eigenvalue weighted by Crippen LogP contribution is 2.31. The van der Waals surface area contributed by atoms with E-state index in [1.807, 2.05) is 13.0 Å². The lowest BCUT2D eigenvalue weighted by Crippen LogP contribution is -2.16. The van der Waals surface area contributed by atoms with Crippen LogP contribution in [0.15, 0.2) is 36.4 Å². The minimum absolute atomic E-state index is 0.0408. The van der Waals surface area contributed by atoms with Crippen molar-refractivity contribution in [3.63, 3.8) is 0 Å². The topological polar surface area (TPSA) is 81.5 Å². The molecule has 0 aromatic heterocycles. The molecule has 3 rings (SSSR count). The number of amides is 1. The second-order valence-electron chi connectivity index (χ2n) is 6.33. The molecule has 6 nitrogen and oxygen atoms in total. The maximum Gasteiger partial charge on any atom is 0.283 e. The number of nitro groups is 1. The van der Waals surface area contributed by atoms with E-state index in [1.54, 1.807) is 12.1 Å². The van der Waals surface area contributed by atoms with E-state index in [4.69, 9.17) is 16.3 Å². The number of nitro benzene ring substituents is 1. The zero-order valence-corrected chi connectivity index (χ0v) is 15.1. The zero-order valence-electron chi connectivity index (χ0n) is 14.3. The van der Waals surface area contributed by atoms with Gasteiger partial charge in [0.1, 0.15) is 11.3 Å². The number of ether oxygens (including phenoxy) is 1. The summed E-state index contributed by atoms with van der Waals surface area (Å²) in [5.74, 6) is 0.162. The SMILES string of the molecule is Cc1c(NC(=O)c2ccc(Cl)cc2[N+](=O)[O-])cccc1OC1CCCC1. The third-order valence-corrected chi connectivity index (χ3v) is 4.76. The molecule has 1 N–H and O–H groups in total. The first kappa shape index (κ1) is 18.2. The van der Waals surface area contributed by atoms with Crippen LogP contribution in [0.4, 0.5) is 11.4 Å². The van der Waals surface area contributed by atoms with Crippen molar-refractivity contribution in [3.8, 4) is 5.75 Å². The predicted octanol–water partition coefficient (Wildman–Crippen LogP) is 5.13. The van der Waals surface area contributed by atoms with Gasteiger partial charge in [-0.1, -0.05) is 17.7 Å². The second-order valence-corrected chi connectivity index (χ2v) is 6.76. The van der Waals surface area contributed by atoms with Gasteiger partial charge in [-0.15, -0.1) is 0 Å². The first-order valence-electron chi connectivity index (χ1n) is 8.47. The van der Waals surface area contributed by atoms with Crippen LogP contribution in [0.1, 0.15) is 41.6 Å². The Morgan fingerprint density at radius 1 is 1.27 bits per heavy atom. The number of hydrogen-bond acceptors (Lipinski definition) is 4. The smallest absolute Gasteiger partial charge is 0.283 e. The molecule has 1 amide bonds. The summed E-state index contributed by atoms with van der Waals surface area (Å²) in [6, 6.07) is 9.39. The van der Waals surface area contributed by atoms with Crippen molar-refractivity contribution in [3.05, 3.63) is 62.7 Å². The van der Waals surface area contributed by atoms with Crippen LogP contribution >= 0.6 is 11.6 Å². The highest BCUT2D eigenvalue weighted by atomic mass is 35.5. The summed E-state index contributed by atoms with van der Waals surface area (Å²) < 4.78 is 6.03. The molecule has 7 heteroatoms. The largest absolute Gasteiger partial charge is 0.490 e. The molecule has 2 aromatic rings. The maximum atomic E-state index is 12.6. The van der Waals surface area contributed by atoms with E-state index in [1.165, 1.54) is 31.0 Å². The normalized spacial score (nSPS) is 14.2. The average Bonchev–Trinajstić information content (AvgIpc) is 3.11. The number of benzene rings is 2. The summed E-state index contributed by atoms with van der Waals surface area (Å²) in [6.07, 6.45) is 4.61. The number of anilines is 1. The Morgan fingerprint density at radius 2 is 2.00 bits per heavy atom. The molecule has 1 fully saturated rings. The first-order chi connectivity index (χ1) is 12.5. The molecule has 136 valence electrons. The van der Waals surface area contributed by atoms with Crippen LogP contribution in [-0.4, -0.2) is 16.9 Å². The predicted molar refractivity (Wildman–Crippen MR) is 100 cm³/mol. The molecule has 0 saturated heterocycles. The highest BCUT2D eigenvalue weighted by molar-refractivity contribution is 6.31. The Kier molecular flexibility index (Phi) is 5.42. The number of carbonyl (C=O) groups excluding carboxylic acids is 1. The monoisotopic (exact) mass is 374 g/mol. The van der Waals surface area contributed by atoms with Gasteiger partial charge in [0.2, 0.25) is 0 Å². The minimum atomic E-state index is -0.618. The number of rotatable bonds is 5. The maximum absolute atomic E-state index is 12.6. The lowest BCUT2D eigenvalue weighted by atomic mass is 10.1. The molecule has 1 saturated carbocycles. The average molecular weight is 375 g/mol. The molecule has 0 spiro atoms.